The molecule has 3 rings (SSSR count). The fourth-order valence-corrected chi connectivity index (χ4v) is 2.67. The van der Waals surface area contributed by atoms with Gasteiger partial charge in [-0.05, 0) is 37.0 Å². The summed E-state index contributed by atoms with van der Waals surface area (Å²) in [5.41, 5.74) is 0.903. The molecule has 0 bridgehead atoms. The standard InChI is InChI=1S/C15H15BrN2O2/c1-18(8-9-2-3-9)15(20)13-7-14(19)11-6-10(16)4-5-12(11)17-13/h4-7,9H,2-3,8H2,1H3,(H,17,19). The van der Waals surface area contributed by atoms with Crippen LogP contribution in [0.25, 0.3) is 10.9 Å². The molecule has 2 aromatic rings. The Kier molecular flexibility index (Phi) is 3.38. The summed E-state index contributed by atoms with van der Waals surface area (Å²) >= 11 is 3.34. The molecule has 1 saturated carbocycles. The molecule has 1 fully saturated rings. The molecule has 1 aromatic carbocycles. The molecule has 1 aliphatic carbocycles. The third kappa shape index (κ3) is 2.63. The van der Waals surface area contributed by atoms with Gasteiger partial charge >= 0.3 is 0 Å². The number of nitrogens with one attached hydrogen (secondary N) is 1. The van der Waals surface area contributed by atoms with E-state index in [0.717, 1.165) is 11.0 Å². The second-order valence-corrected chi connectivity index (χ2v) is 6.28. The minimum Gasteiger partial charge on any atom is -0.350 e. The molecule has 104 valence electrons. The van der Waals surface area contributed by atoms with Crippen LogP contribution >= 0.6 is 15.9 Å². The summed E-state index contributed by atoms with van der Waals surface area (Å²) in [4.78, 5) is 29.2. The molecule has 0 aliphatic heterocycles. The number of carbonyl (C=O) groups is 1. The summed E-state index contributed by atoms with van der Waals surface area (Å²) in [6.07, 6.45) is 2.39. The van der Waals surface area contributed by atoms with Crippen molar-refractivity contribution in [2.24, 2.45) is 5.92 Å². The summed E-state index contributed by atoms with van der Waals surface area (Å²) in [6, 6.07) is 6.80. The summed E-state index contributed by atoms with van der Waals surface area (Å²) < 4.78 is 0.848. The molecular weight excluding hydrogens is 320 g/mol. The van der Waals surface area contributed by atoms with Gasteiger partial charge in [-0.15, -0.1) is 0 Å². The summed E-state index contributed by atoms with van der Waals surface area (Å²) in [5.74, 6) is 0.505. The van der Waals surface area contributed by atoms with E-state index < -0.39 is 0 Å². The monoisotopic (exact) mass is 334 g/mol. The van der Waals surface area contributed by atoms with Crippen molar-refractivity contribution in [1.29, 1.82) is 0 Å². The first-order chi connectivity index (χ1) is 9.54. The first kappa shape index (κ1) is 13.4. The number of aromatic amines is 1. The van der Waals surface area contributed by atoms with E-state index in [2.05, 4.69) is 20.9 Å². The van der Waals surface area contributed by atoms with Gasteiger partial charge in [0.25, 0.3) is 5.91 Å². The van der Waals surface area contributed by atoms with Crippen LogP contribution in [0.4, 0.5) is 0 Å². The topological polar surface area (TPSA) is 53.2 Å². The van der Waals surface area contributed by atoms with Gasteiger partial charge in [-0.1, -0.05) is 15.9 Å². The molecule has 0 atom stereocenters. The van der Waals surface area contributed by atoms with Crippen molar-refractivity contribution in [2.45, 2.75) is 12.8 Å². The van der Waals surface area contributed by atoms with Crippen LogP contribution in [0, 0.1) is 5.92 Å². The Bertz CT molecular complexity index is 734. The maximum Gasteiger partial charge on any atom is 0.270 e. The second-order valence-electron chi connectivity index (χ2n) is 5.37. The Hall–Kier alpha value is -1.62. The highest BCUT2D eigenvalue weighted by molar-refractivity contribution is 9.10. The van der Waals surface area contributed by atoms with Gasteiger partial charge < -0.3 is 9.88 Å². The first-order valence-electron chi connectivity index (χ1n) is 6.62. The molecule has 0 saturated heterocycles. The summed E-state index contributed by atoms with van der Waals surface area (Å²) in [5, 5.41) is 0.584. The van der Waals surface area contributed by atoms with Crippen LogP contribution in [0.15, 0.2) is 33.5 Å². The van der Waals surface area contributed by atoms with Crippen LogP contribution in [0.3, 0.4) is 0 Å². The lowest BCUT2D eigenvalue weighted by molar-refractivity contribution is 0.0783. The average Bonchev–Trinajstić information content (AvgIpc) is 3.22. The van der Waals surface area contributed by atoms with Crippen LogP contribution in [0.2, 0.25) is 0 Å². The quantitative estimate of drug-likeness (QED) is 0.938. The van der Waals surface area contributed by atoms with Crippen LogP contribution in [0.5, 0.6) is 0 Å². The third-order valence-electron chi connectivity index (χ3n) is 3.60. The lowest BCUT2D eigenvalue weighted by Crippen LogP contribution is -2.30. The molecule has 1 amide bonds. The van der Waals surface area contributed by atoms with E-state index in [1.807, 2.05) is 6.07 Å². The number of H-pyrrole nitrogens is 1. The predicted molar refractivity (Wildman–Crippen MR) is 82.0 cm³/mol. The number of halogens is 1. The van der Waals surface area contributed by atoms with Gasteiger partial charge in [0.05, 0.1) is 0 Å². The van der Waals surface area contributed by atoms with Crippen LogP contribution < -0.4 is 5.43 Å². The smallest absolute Gasteiger partial charge is 0.270 e. The van der Waals surface area contributed by atoms with Crippen molar-refractivity contribution >= 4 is 32.7 Å². The Morgan fingerprint density at radius 3 is 2.85 bits per heavy atom. The molecule has 0 unspecified atom stereocenters. The zero-order valence-corrected chi connectivity index (χ0v) is 12.7. The highest BCUT2D eigenvalue weighted by atomic mass is 79.9. The first-order valence-corrected chi connectivity index (χ1v) is 7.42. The Balaban J connectivity index is 1.97. The number of hydrogen-bond donors (Lipinski definition) is 1. The van der Waals surface area contributed by atoms with Crippen LogP contribution in [0.1, 0.15) is 23.3 Å². The SMILES string of the molecule is CN(CC1CC1)C(=O)c1cc(=O)c2cc(Br)ccc2[nH]1. The molecule has 4 nitrogen and oxygen atoms in total. The fourth-order valence-electron chi connectivity index (χ4n) is 2.31. The number of aromatic nitrogens is 1. The molecular formula is C15H15BrN2O2. The summed E-state index contributed by atoms with van der Waals surface area (Å²) in [7, 11) is 1.78. The molecule has 1 aliphatic rings. The maximum absolute atomic E-state index is 12.3. The largest absolute Gasteiger partial charge is 0.350 e. The predicted octanol–water partition coefficient (Wildman–Crippen LogP) is 2.77. The zero-order valence-electron chi connectivity index (χ0n) is 11.1. The van der Waals surface area contributed by atoms with Gasteiger partial charge in [-0.25, -0.2) is 0 Å². The van der Waals surface area contributed by atoms with E-state index in [9.17, 15) is 9.59 Å². The number of carbonyl (C=O) groups excluding carboxylic acids is 1. The summed E-state index contributed by atoms with van der Waals surface area (Å²) in [6.45, 7) is 0.763. The second kappa shape index (κ2) is 5.05. The number of pyridine rings is 1. The molecule has 1 aromatic heterocycles. The van der Waals surface area contributed by atoms with Gasteiger partial charge in [0, 0.05) is 35.0 Å². The van der Waals surface area contributed by atoms with Crippen molar-refractivity contribution in [2.75, 3.05) is 13.6 Å². The van der Waals surface area contributed by atoms with Crippen molar-refractivity contribution in [1.82, 2.24) is 9.88 Å². The average molecular weight is 335 g/mol. The molecule has 1 heterocycles. The molecule has 0 radical (unpaired) electrons. The highest BCUT2D eigenvalue weighted by Gasteiger charge is 2.25. The normalized spacial score (nSPS) is 14.5. The molecule has 5 heteroatoms. The van der Waals surface area contributed by atoms with E-state index in [1.165, 1.54) is 18.9 Å². The molecule has 20 heavy (non-hydrogen) atoms. The van der Waals surface area contributed by atoms with Crippen LogP contribution in [-0.4, -0.2) is 29.4 Å². The number of nitrogens with zero attached hydrogens (tertiary/aromatic N) is 1. The van der Waals surface area contributed by atoms with Crippen LogP contribution in [-0.2, 0) is 0 Å². The van der Waals surface area contributed by atoms with E-state index in [-0.39, 0.29) is 11.3 Å². The third-order valence-corrected chi connectivity index (χ3v) is 4.09. The van der Waals surface area contributed by atoms with Gasteiger partial charge in [0.2, 0.25) is 0 Å². The number of hydrogen-bond acceptors (Lipinski definition) is 2. The Morgan fingerprint density at radius 1 is 1.40 bits per heavy atom. The van der Waals surface area contributed by atoms with E-state index in [1.54, 1.807) is 24.1 Å². The number of amides is 1. The zero-order chi connectivity index (χ0) is 14.3. The lowest BCUT2D eigenvalue weighted by Gasteiger charge is -2.16. The molecule has 1 N–H and O–H groups in total. The van der Waals surface area contributed by atoms with Gasteiger partial charge in [-0.2, -0.15) is 0 Å². The van der Waals surface area contributed by atoms with Crippen molar-refractivity contribution < 1.29 is 4.79 Å². The van der Waals surface area contributed by atoms with E-state index in [0.29, 0.717) is 22.5 Å². The van der Waals surface area contributed by atoms with Gasteiger partial charge in [0.1, 0.15) is 5.69 Å². The number of rotatable bonds is 3. The van der Waals surface area contributed by atoms with Crippen molar-refractivity contribution in [3.8, 4) is 0 Å². The number of benzene rings is 1. The highest BCUT2D eigenvalue weighted by Crippen LogP contribution is 2.29. The minimum absolute atomic E-state index is 0.126. The number of fused-ring (bicyclic) bond motifs is 1. The lowest BCUT2D eigenvalue weighted by atomic mass is 10.2. The van der Waals surface area contributed by atoms with Gasteiger partial charge in [0.15, 0.2) is 5.43 Å². The molecule has 0 spiro atoms. The van der Waals surface area contributed by atoms with Crippen molar-refractivity contribution in [3.63, 3.8) is 0 Å². The van der Waals surface area contributed by atoms with E-state index in [4.69, 9.17) is 0 Å². The Labute approximate surface area is 124 Å². The Morgan fingerprint density at radius 2 is 2.15 bits per heavy atom. The van der Waals surface area contributed by atoms with E-state index >= 15 is 0 Å². The maximum atomic E-state index is 12.3. The van der Waals surface area contributed by atoms with Gasteiger partial charge in [-0.3, -0.25) is 9.59 Å². The van der Waals surface area contributed by atoms with Crippen molar-refractivity contribution in [3.05, 3.63) is 44.7 Å². The fraction of sp³-hybridized carbons (Fsp3) is 0.333. The minimum atomic E-state index is -0.136.